The van der Waals surface area contributed by atoms with Gasteiger partial charge in [0.05, 0.1) is 12.1 Å². The number of methoxy groups -OCH3 is 1. The zero-order valence-corrected chi connectivity index (χ0v) is 13.7. The van der Waals surface area contributed by atoms with Crippen LogP contribution in [0.1, 0.15) is 24.9 Å². The molecule has 1 heterocycles. The highest BCUT2D eigenvalue weighted by molar-refractivity contribution is 8.07. The van der Waals surface area contributed by atoms with Gasteiger partial charge in [-0.15, -0.1) is 0 Å². The standard InChI is InChI=1S/C14H20ClNOS2/c1-3-12-14(19-7-6-18-12)13(16)9-4-5-10(15)11(8-9)17-2/h4-5,8,12-14H,3,6-7,16H2,1-2H3. The minimum absolute atomic E-state index is 0.0360. The van der Waals surface area contributed by atoms with Crippen LogP contribution in [0.3, 0.4) is 0 Å². The Kier molecular flexibility index (Phi) is 5.75. The lowest BCUT2D eigenvalue weighted by Gasteiger charge is -2.34. The van der Waals surface area contributed by atoms with E-state index in [9.17, 15) is 0 Å². The molecule has 0 radical (unpaired) electrons. The molecule has 1 aromatic carbocycles. The predicted molar refractivity (Wildman–Crippen MR) is 87.7 cm³/mol. The van der Waals surface area contributed by atoms with Crippen molar-refractivity contribution in [3.05, 3.63) is 28.8 Å². The van der Waals surface area contributed by atoms with Gasteiger partial charge in [-0.05, 0) is 24.1 Å². The smallest absolute Gasteiger partial charge is 0.137 e. The Balaban J connectivity index is 2.20. The van der Waals surface area contributed by atoms with E-state index in [4.69, 9.17) is 22.1 Å². The summed E-state index contributed by atoms with van der Waals surface area (Å²) < 4.78 is 5.28. The zero-order valence-electron chi connectivity index (χ0n) is 11.3. The largest absolute Gasteiger partial charge is 0.495 e. The highest BCUT2D eigenvalue weighted by Gasteiger charge is 2.31. The van der Waals surface area contributed by atoms with E-state index in [-0.39, 0.29) is 6.04 Å². The predicted octanol–water partition coefficient (Wildman–Crippen LogP) is 3.98. The fraction of sp³-hybridized carbons (Fsp3) is 0.571. The molecule has 0 aliphatic carbocycles. The van der Waals surface area contributed by atoms with E-state index in [1.54, 1.807) is 7.11 Å². The SMILES string of the molecule is CCC1SCCSC1C(N)c1ccc(Cl)c(OC)c1. The number of ether oxygens (including phenoxy) is 1. The van der Waals surface area contributed by atoms with E-state index in [0.29, 0.717) is 21.3 Å². The molecule has 0 amide bonds. The van der Waals surface area contributed by atoms with Crippen LogP contribution in [0.25, 0.3) is 0 Å². The van der Waals surface area contributed by atoms with E-state index in [1.165, 1.54) is 17.9 Å². The fourth-order valence-electron chi connectivity index (χ4n) is 2.34. The van der Waals surface area contributed by atoms with Crippen molar-refractivity contribution in [3.8, 4) is 5.75 Å². The number of benzene rings is 1. The van der Waals surface area contributed by atoms with Gasteiger partial charge in [-0.3, -0.25) is 0 Å². The van der Waals surface area contributed by atoms with Gasteiger partial charge in [-0.25, -0.2) is 0 Å². The van der Waals surface area contributed by atoms with E-state index in [1.807, 2.05) is 41.7 Å². The van der Waals surface area contributed by atoms with E-state index >= 15 is 0 Å². The van der Waals surface area contributed by atoms with Gasteiger partial charge in [0.25, 0.3) is 0 Å². The van der Waals surface area contributed by atoms with Crippen molar-refractivity contribution >= 4 is 35.1 Å². The van der Waals surface area contributed by atoms with Crippen molar-refractivity contribution in [2.45, 2.75) is 29.9 Å². The Hall–Kier alpha value is -0.0300. The second-order valence-corrected chi connectivity index (χ2v) is 7.61. The van der Waals surface area contributed by atoms with Crippen LogP contribution in [0.5, 0.6) is 5.75 Å². The number of thioether (sulfide) groups is 2. The first-order valence-electron chi connectivity index (χ1n) is 6.49. The van der Waals surface area contributed by atoms with Gasteiger partial charge in [0, 0.05) is 28.0 Å². The molecule has 1 fully saturated rings. The van der Waals surface area contributed by atoms with Crippen LogP contribution in [0.15, 0.2) is 18.2 Å². The molecule has 0 bridgehead atoms. The summed E-state index contributed by atoms with van der Waals surface area (Å²) in [6, 6.07) is 5.90. The molecule has 5 heteroatoms. The quantitative estimate of drug-likeness (QED) is 0.911. The second-order valence-electron chi connectivity index (χ2n) is 4.57. The van der Waals surface area contributed by atoms with Gasteiger partial charge in [-0.2, -0.15) is 23.5 Å². The number of rotatable bonds is 4. The third-order valence-corrected chi connectivity index (χ3v) is 7.09. The molecule has 0 spiro atoms. The molecule has 3 unspecified atom stereocenters. The molecule has 3 atom stereocenters. The molecule has 2 nitrogen and oxygen atoms in total. The first-order valence-corrected chi connectivity index (χ1v) is 8.97. The third-order valence-electron chi connectivity index (χ3n) is 3.41. The Bertz CT molecular complexity index is 430. The number of hydrogen-bond acceptors (Lipinski definition) is 4. The summed E-state index contributed by atoms with van der Waals surface area (Å²) in [4.78, 5) is 0. The summed E-state index contributed by atoms with van der Waals surface area (Å²) in [5.41, 5.74) is 7.59. The summed E-state index contributed by atoms with van der Waals surface area (Å²) in [5.74, 6) is 3.12. The minimum Gasteiger partial charge on any atom is -0.495 e. The van der Waals surface area contributed by atoms with Crippen molar-refractivity contribution in [3.63, 3.8) is 0 Å². The van der Waals surface area contributed by atoms with Gasteiger partial charge in [0.15, 0.2) is 0 Å². The average Bonchev–Trinajstić information content (AvgIpc) is 2.47. The van der Waals surface area contributed by atoms with Crippen LogP contribution in [0, 0.1) is 0 Å². The van der Waals surface area contributed by atoms with E-state index in [2.05, 4.69) is 6.92 Å². The average molecular weight is 318 g/mol. The molecule has 0 aromatic heterocycles. The van der Waals surface area contributed by atoms with Crippen LogP contribution >= 0.6 is 35.1 Å². The minimum atomic E-state index is 0.0360. The second kappa shape index (κ2) is 7.11. The lowest BCUT2D eigenvalue weighted by atomic mass is 10.0. The van der Waals surface area contributed by atoms with Crippen molar-refractivity contribution < 1.29 is 4.74 Å². The topological polar surface area (TPSA) is 35.2 Å². The third kappa shape index (κ3) is 3.54. The van der Waals surface area contributed by atoms with Gasteiger partial charge in [-0.1, -0.05) is 24.6 Å². The normalized spacial score (nSPS) is 25.1. The Morgan fingerprint density at radius 1 is 1.42 bits per heavy atom. The van der Waals surface area contributed by atoms with Crippen molar-refractivity contribution in [2.75, 3.05) is 18.6 Å². The van der Waals surface area contributed by atoms with Crippen molar-refractivity contribution in [1.29, 1.82) is 0 Å². The highest BCUT2D eigenvalue weighted by atomic mass is 35.5. The van der Waals surface area contributed by atoms with Crippen LogP contribution < -0.4 is 10.5 Å². The summed E-state index contributed by atoms with van der Waals surface area (Å²) in [6.07, 6.45) is 1.17. The van der Waals surface area contributed by atoms with Gasteiger partial charge < -0.3 is 10.5 Å². The molecule has 2 N–H and O–H groups in total. The Morgan fingerprint density at radius 3 is 2.84 bits per heavy atom. The van der Waals surface area contributed by atoms with Crippen LogP contribution in [0.2, 0.25) is 5.02 Å². The fourth-order valence-corrected chi connectivity index (χ4v) is 5.72. The lowest BCUT2D eigenvalue weighted by molar-refractivity contribution is 0.414. The van der Waals surface area contributed by atoms with Crippen molar-refractivity contribution in [2.24, 2.45) is 5.73 Å². The molecule has 1 aromatic rings. The van der Waals surface area contributed by atoms with E-state index in [0.717, 1.165) is 5.56 Å². The van der Waals surface area contributed by atoms with Gasteiger partial charge in [0.1, 0.15) is 5.75 Å². The molecule has 0 saturated carbocycles. The lowest BCUT2D eigenvalue weighted by Crippen LogP contribution is -2.35. The molecule has 106 valence electrons. The Labute approximate surface area is 128 Å². The highest BCUT2D eigenvalue weighted by Crippen LogP contribution is 2.40. The summed E-state index contributed by atoms with van der Waals surface area (Å²) in [7, 11) is 1.64. The van der Waals surface area contributed by atoms with Crippen LogP contribution in [-0.2, 0) is 0 Å². The molecule has 1 aliphatic heterocycles. The number of halogens is 1. The molecule has 2 rings (SSSR count). The summed E-state index contributed by atoms with van der Waals surface area (Å²) >= 11 is 10.1. The molecule has 19 heavy (non-hydrogen) atoms. The summed E-state index contributed by atoms with van der Waals surface area (Å²) in [6.45, 7) is 2.24. The Morgan fingerprint density at radius 2 is 2.16 bits per heavy atom. The maximum Gasteiger partial charge on any atom is 0.137 e. The molecule has 1 aliphatic rings. The van der Waals surface area contributed by atoms with Gasteiger partial charge in [0.2, 0.25) is 0 Å². The number of nitrogens with two attached hydrogens (primary N) is 1. The first kappa shape index (κ1) is 15.4. The maximum atomic E-state index is 6.48. The molecular formula is C14H20ClNOS2. The monoisotopic (exact) mass is 317 g/mol. The van der Waals surface area contributed by atoms with E-state index < -0.39 is 0 Å². The van der Waals surface area contributed by atoms with Gasteiger partial charge >= 0.3 is 0 Å². The first-order chi connectivity index (χ1) is 9.17. The zero-order chi connectivity index (χ0) is 13.8. The van der Waals surface area contributed by atoms with Crippen LogP contribution in [-0.4, -0.2) is 29.1 Å². The maximum absolute atomic E-state index is 6.48. The van der Waals surface area contributed by atoms with Crippen molar-refractivity contribution in [1.82, 2.24) is 0 Å². The molecular weight excluding hydrogens is 298 g/mol. The number of hydrogen-bond donors (Lipinski definition) is 1. The van der Waals surface area contributed by atoms with Crippen LogP contribution in [0.4, 0.5) is 0 Å². The summed E-state index contributed by atoms with van der Waals surface area (Å²) in [5, 5.41) is 1.74. The molecule has 1 saturated heterocycles.